The van der Waals surface area contributed by atoms with E-state index in [2.05, 4.69) is 25.6 Å². The lowest BCUT2D eigenvalue weighted by molar-refractivity contribution is -0.141. The minimum Gasteiger partial charge on any atom is -0.447 e. The van der Waals surface area contributed by atoms with Gasteiger partial charge in [-0.05, 0) is 6.07 Å². The predicted molar refractivity (Wildman–Crippen MR) is 78.4 cm³/mol. The summed E-state index contributed by atoms with van der Waals surface area (Å²) in [5, 5.41) is 5.21. The molecule has 0 saturated carbocycles. The van der Waals surface area contributed by atoms with Crippen molar-refractivity contribution in [3.05, 3.63) is 35.8 Å². The maximum absolute atomic E-state index is 12.5. The standard InChI is InChI=1S/C14H16F3N5O2/c1-8(2)11-10(21-7-24-11)12(23)18-5-6-20-13-19-4-3-9(22-13)14(15,16)17/h3-4,7-8H,5-6H2,1-2H3,(H,18,23)(H,19,20,22). The number of oxazole rings is 1. The van der Waals surface area contributed by atoms with E-state index in [1.165, 1.54) is 6.39 Å². The Labute approximate surface area is 135 Å². The van der Waals surface area contributed by atoms with Crippen LogP contribution in [0.1, 0.15) is 41.7 Å². The highest BCUT2D eigenvalue weighted by Gasteiger charge is 2.32. The van der Waals surface area contributed by atoms with E-state index in [4.69, 9.17) is 4.42 Å². The average Bonchev–Trinajstić information content (AvgIpc) is 3.01. The van der Waals surface area contributed by atoms with E-state index in [9.17, 15) is 18.0 Å². The minimum atomic E-state index is -4.53. The fourth-order valence-electron chi connectivity index (χ4n) is 1.87. The Morgan fingerprint density at radius 2 is 2.04 bits per heavy atom. The molecular weight excluding hydrogens is 327 g/mol. The number of hydrogen-bond acceptors (Lipinski definition) is 6. The van der Waals surface area contributed by atoms with Crippen molar-refractivity contribution < 1.29 is 22.4 Å². The first-order chi connectivity index (χ1) is 11.3. The quantitative estimate of drug-likeness (QED) is 0.783. The molecule has 7 nitrogen and oxygen atoms in total. The van der Waals surface area contributed by atoms with Crippen LogP contribution in [0.2, 0.25) is 0 Å². The van der Waals surface area contributed by atoms with Crippen molar-refractivity contribution in [2.45, 2.75) is 25.9 Å². The van der Waals surface area contributed by atoms with Gasteiger partial charge in [-0.1, -0.05) is 13.8 Å². The van der Waals surface area contributed by atoms with Crippen molar-refractivity contribution in [3.8, 4) is 0 Å². The molecule has 10 heteroatoms. The van der Waals surface area contributed by atoms with Crippen LogP contribution in [0.4, 0.5) is 19.1 Å². The Balaban J connectivity index is 1.85. The van der Waals surface area contributed by atoms with Gasteiger partial charge in [-0.2, -0.15) is 13.2 Å². The van der Waals surface area contributed by atoms with Gasteiger partial charge in [-0.15, -0.1) is 0 Å². The molecule has 2 heterocycles. The summed E-state index contributed by atoms with van der Waals surface area (Å²) in [5.74, 6) is -0.103. The molecule has 2 aromatic heterocycles. The second-order valence-corrected chi connectivity index (χ2v) is 5.17. The molecule has 0 unspecified atom stereocenters. The molecule has 130 valence electrons. The summed E-state index contributed by atoms with van der Waals surface area (Å²) in [4.78, 5) is 22.9. The predicted octanol–water partition coefficient (Wildman–Crippen LogP) is 2.45. The van der Waals surface area contributed by atoms with Gasteiger partial charge in [0.15, 0.2) is 12.1 Å². The molecule has 0 aliphatic heterocycles. The second-order valence-electron chi connectivity index (χ2n) is 5.17. The van der Waals surface area contributed by atoms with Crippen molar-refractivity contribution >= 4 is 11.9 Å². The van der Waals surface area contributed by atoms with E-state index in [0.29, 0.717) is 5.76 Å². The third kappa shape index (κ3) is 4.43. The summed E-state index contributed by atoms with van der Waals surface area (Å²) in [6, 6.07) is 0.783. The number of rotatable bonds is 6. The Morgan fingerprint density at radius 3 is 2.71 bits per heavy atom. The van der Waals surface area contributed by atoms with E-state index < -0.39 is 17.8 Å². The van der Waals surface area contributed by atoms with Gasteiger partial charge in [0.2, 0.25) is 5.95 Å². The number of nitrogens with one attached hydrogen (secondary N) is 2. The molecule has 1 amide bonds. The van der Waals surface area contributed by atoms with Crippen LogP contribution in [-0.4, -0.2) is 33.9 Å². The number of carbonyl (C=O) groups is 1. The van der Waals surface area contributed by atoms with Gasteiger partial charge in [0, 0.05) is 25.2 Å². The summed E-state index contributed by atoms with van der Waals surface area (Å²) in [7, 11) is 0. The Hall–Kier alpha value is -2.65. The Morgan fingerprint density at radius 1 is 1.29 bits per heavy atom. The highest BCUT2D eigenvalue weighted by atomic mass is 19.4. The SMILES string of the molecule is CC(C)c1ocnc1C(=O)NCCNc1nccc(C(F)(F)F)n1. The maximum Gasteiger partial charge on any atom is 0.433 e. The van der Waals surface area contributed by atoms with Crippen molar-refractivity contribution in [3.63, 3.8) is 0 Å². The molecule has 0 saturated heterocycles. The molecule has 0 radical (unpaired) electrons. The first kappa shape index (κ1) is 17.7. The van der Waals surface area contributed by atoms with Gasteiger partial charge in [0.05, 0.1) is 0 Å². The average molecular weight is 343 g/mol. The maximum atomic E-state index is 12.5. The van der Waals surface area contributed by atoms with Gasteiger partial charge < -0.3 is 15.1 Å². The third-order valence-corrected chi connectivity index (χ3v) is 2.97. The first-order valence-electron chi connectivity index (χ1n) is 7.14. The Bertz CT molecular complexity index is 700. The molecule has 0 fully saturated rings. The number of hydrogen-bond donors (Lipinski definition) is 2. The zero-order valence-corrected chi connectivity index (χ0v) is 13.0. The summed E-state index contributed by atoms with van der Waals surface area (Å²) >= 11 is 0. The van der Waals surface area contributed by atoms with Crippen molar-refractivity contribution in [1.82, 2.24) is 20.3 Å². The molecule has 24 heavy (non-hydrogen) atoms. The largest absolute Gasteiger partial charge is 0.447 e. The van der Waals surface area contributed by atoms with E-state index >= 15 is 0 Å². The molecular formula is C14H16F3N5O2. The van der Waals surface area contributed by atoms with Gasteiger partial charge in [-0.25, -0.2) is 15.0 Å². The number of alkyl halides is 3. The lowest BCUT2D eigenvalue weighted by atomic mass is 10.1. The van der Waals surface area contributed by atoms with Gasteiger partial charge in [-0.3, -0.25) is 4.79 Å². The zero-order chi connectivity index (χ0) is 17.7. The van der Waals surface area contributed by atoms with Crippen LogP contribution in [0.15, 0.2) is 23.1 Å². The first-order valence-corrected chi connectivity index (χ1v) is 7.14. The van der Waals surface area contributed by atoms with E-state index in [0.717, 1.165) is 12.3 Å². The Kier molecular flexibility index (Phi) is 5.37. The fraction of sp³-hybridized carbons (Fsp3) is 0.429. The van der Waals surface area contributed by atoms with Crippen LogP contribution in [-0.2, 0) is 6.18 Å². The molecule has 0 spiro atoms. The van der Waals surface area contributed by atoms with E-state index in [1.807, 2.05) is 13.8 Å². The van der Waals surface area contributed by atoms with Crippen LogP contribution >= 0.6 is 0 Å². The summed E-state index contributed by atoms with van der Waals surface area (Å²) in [6.45, 7) is 4.04. The summed E-state index contributed by atoms with van der Waals surface area (Å²) in [6.07, 6.45) is -2.33. The van der Waals surface area contributed by atoms with Crippen LogP contribution in [0.3, 0.4) is 0 Å². The summed E-state index contributed by atoms with van der Waals surface area (Å²) in [5.41, 5.74) is -0.839. The van der Waals surface area contributed by atoms with Crippen LogP contribution < -0.4 is 10.6 Å². The molecule has 0 atom stereocenters. The number of nitrogens with zero attached hydrogens (tertiary/aromatic N) is 3. The normalized spacial score (nSPS) is 11.6. The molecule has 2 rings (SSSR count). The van der Waals surface area contributed by atoms with Gasteiger partial charge in [0.25, 0.3) is 5.91 Å². The fourth-order valence-corrected chi connectivity index (χ4v) is 1.87. The molecule has 0 aliphatic carbocycles. The molecule has 2 N–H and O–H groups in total. The topological polar surface area (TPSA) is 92.9 Å². The number of aromatic nitrogens is 3. The van der Waals surface area contributed by atoms with Crippen LogP contribution in [0.5, 0.6) is 0 Å². The zero-order valence-electron chi connectivity index (χ0n) is 13.0. The smallest absolute Gasteiger partial charge is 0.433 e. The van der Waals surface area contributed by atoms with E-state index in [-0.39, 0.29) is 30.6 Å². The van der Waals surface area contributed by atoms with Crippen molar-refractivity contribution in [2.75, 3.05) is 18.4 Å². The summed E-state index contributed by atoms with van der Waals surface area (Å²) < 4.78 is 42.7. The van der Waals surface area contributed by atoms with Gasteiger partial charge >= 0.3 is 6.18 Å². The molecule has 0 aromatic carbocycles. The number of halogens is 3. The molecule has 2 aromatic rings. The lowest BCUT2D eigenvalue weighted by Gasteiger charge is -2.09. The van der Waals surface area contributed by atoms with Crippen LogP contribution in [0, 0.1) is 0 Å². The number of amides is 1. The number of carbonyl (C=O) groups excluding carboxylic acids is 1. The highest BCUT2D eigenvalue weighted by Crippen LogP contribution is 2.27. The highest BCUT2D eigenvalue weighted by molar-refractivity contribution is 5.93. The second kappa shape index (κ2) is 7.28. The number of anilines is 1. The van der Waals surface area contributed by atoms with Crippen molar-refractivity contribution in [2.24, 2.45) is 0 Å². The van der Waals surface area contributed by atoms with Crippen LogP contribution in [0.25, 0.3) is 0 Å². The molecule has 0 aliphatic rings. The molecule has 0 bridgehead atoms. The third-order valence-electron chi connectivity index (χ3n) is 2.97. The van der Waals surface area contributed by atoms with Gasteiger partial charge in [0.1, 0.15) is 11.5 Å². The monoisotopic (exact) mass is 343 g/mol. The van der Waals surface area contributed by atoms with E-state index in [1.54, 1.807) is 0 Å². The minimum absolute atomic E-state index is 0.00452. The van der Waals surface area contributed by atoms with Crippen molar-refractivity contribution in [1.29, 1.82) is 0 Å². The lowest BCUT2D eigenvalue weighted by Crippen LogP contribution is -2.30.